The van der Waals surface area contributed by atoms with E-state index in [0.29, 0.717) is 5.75 Å². The van der Waals surface area contributed by atoms with E-state index >= 15 is 0 Å². The predicted molar refractivity (Wildman–Crippen MR) is 125 cm³/mol. The summed E-state index contributed by atoms with van der Waals surface area (Å²) >= 11 is 0. The second kappa shape index (κ2) is 9.75. The van der Waals surface area contributed by atoms with Crippen molar-refractivity contribution >= 4 is 11.6 Å². The van der Waals surface area contributed by atoms with Gasteiger partial charge in [0.25, 0.3) is 0 Å². The lowest BCUT2D eigenvalue weighted by Gasteiger charge is -2.37. The van der Waals surface area contributed by atoms with Crippen molar-refractivity contribution in [3.63, 3.8) is 0 Å². The van der Waals surface area contributed by atoms with Crippen molar-refractivity contribution in [2.24, 2.45) is 0 Å². The van der Waals surface area contributed by atoms with Gasteiger partial charge in [0, 0.05) is 12.2 Å². The van der Waals surface area contributed by atoms with E-state index in [2.05, 4.69) is 28.4 Å². The first-order chi connectivity index (χ1) is 15.6. The lowest BCUT2D eigenvalue weighted by atomic mass is 9.87. The SMILES string of the molecule is COc1ccc(NC(=O)CN2CCc3cc(OC)c(OC)cc3[C@@H]2c2ccccc2)cc1. The van der Waals surface area contributed by atoms with Crippen molar-refractivity contribution in [1.82, 2.24) is 4.90 Å². The number of ether oxygens (including phenoxy) is 3. The van der Waals surface area contributed by atoms with Gasteiger partial charge in [-0.15, -0.1) is 0 Å². The lowest BCUT2D eigenvalue weighted by molar-refractivity contribution is -0.117. The van der Waals surface area contributed by atoms with E-state index in [9.17, 15) is 4.79 Å². The number of anilines is 1. The van der Waals surface area contributed by atoms with Crippen LogP contribution >= 0.6 is 0 Å². The van der Waals surface area contributed by atoms with Gasteiger partial charge in [0.1, 0.15) is 5.75 Å². The van der Waals surface area contributed by atoms with Crippen molar-refractivity contribution in [3.8, 4) is 17.2 Å². The summed E-state index contributed by atoms with van der Waals surface area (Å²) in [5.41, 5.74) is 4.23. The smallest absolute Gasteiger partial charge is 0.238 e. The first-order valence-corrected chi connectivity index (χ1v) is 10.6. The molecule has 1 atom stereocenters. The first-order valence-electron chi connectivity index (χ1n) is 10.6. The molecule has 0 bridgehead atoms. The van der Waals surface area contributed by atoms with Crippen molar-refractivity contribution in [2.45, 2.75) is 12.5 Å². The highest BCUT2D eigenvalue weighted by molar-refractivity contribution is 5.92. The Morgan fingerprint density at radius 3 is 2.28 bits per heavy atom. The Balaban J connectivity index is 1.62. The summed E-state index contributed by atoms with van der Waals surface area (Å²) in [6.45, 7) is 1.04. The highest BCUT2D eigenvalue weighted by Crippen LogP contribution is 2.40. The second-order valence-electron chi connectivity index (χ2n) is 7.72. The van der Waals surface area contributed by atoms with Gasteiger partial charge in [-0.2, -0.15) is 0 Å². The molecule has 6 heteroatoms. The van der Waals surface area contributed by atoms with Gasteiger partial charge in [-0.25, -0.2) is 0 Å². The minimum Gasteiger partial charge on any atom is -0.497 e. The van der Waals surface area contributed by atoms with E-state index in [-0.39, 0.29) is 18.5 Å². The van der Waals surface area contributed by atoms with E-state index in [0.717, 1.165) is 41.3 Å². The molecular weight excluding hydrogens is 404 g/mol. The van der Waals surface area contributed by atoms with Crippen LogP contribution in [-0.2, 0) is 11.2 Å². The molecule has 0 aliphatic carbocycles. The Morgan fingerprint density at radius 1 is 0.938 bits per heavy atom. The number of carbonyl (C=O) groups excluding carboxylic acids is 1. The predicted octanol–water partition coefficient (Wildman–Crippen LogP) is 4.30. The van der Waals surface area contributed by atoms with Gasteiger partial charge >= 0.3 is 0 Å². The molecule has 4 rings (SSSR count). The van der Waals surface area contributed by atoms with Crippen molar-refractivity contribution in [2.75, 3.05) is 39.7 Å². The number of hydrogen-bond donors (Lipinski definition) is 1. The van der Waals surface area contributed by atoms with E-state index in [4.69, 9.17) is 14.2 Å². The van der Waals surface area contributed by atoms with Crippen LogP contribution in [0.5, 0.6) is 17.2 Å². The Labute approximate surface area is 188 Å². The molecular formula is C26H28N2O4. The summed E-state index contributed by atoms with van der Waals surface area (Å²) < 4.78 is 16.3. The van der Waals surface area contributed by atoms with Crippen molar-refractivity contribution in [1.29, 1.82) is 0 Å². The van der Waals surface area contributed by atoms with Crippen LogP contribution < -0.4 is 19.5 Å². The van der Waals surface area contributed by atoms with Crippen molar-refractivity contribution in [3.05, 3.63) is 83.4 Å². The number of amides is 1. The molecule has 0 unspecified atom stereocenters. The molecule has 0 fully saturated rings. The second-order valence-corrected chi connectivity index (χ2v) is 7.72. The molecule has 0 spiro atoms. The third kappa shape index (κ3) is 4.55. The fraction of sp³-hybridized carbons (Fsp3) is 0.269. The number of hydrogen-bond acceptors (Lipinski definition) is 5. The summed E-state index contributed by atoms with van der Waals surface area (Å²) in [5.74, 6) is 2.12. The average molecular weight is 433 g/mol. The Hall–Kier alpha value is -3.51. The van der Waals surface area contributed by atoms with Crippen LogP contribution in [0.4, 0.5) is 5.69 Å². The van der Waals surface area contributed by atoms with Crippen LogP contribution in [0.25, 0.3) is 0 Å². The van der Waals surface area contributed by atoms with Gasteiger partial charge in [0.05, 0.1) is 33.9 Å². The molecule has 6 nitrogen and oxygen atoms in total. The van der Waals surface area contributed by atoms with Gasteiger partial charge < -0.3 is 19.5 Å². The molecule has 1 aliphatic heterocycles. The van der Waals surface area contributed by atoms with E-state index in [1.54, 1.807) is 21.3 Å². The number of fused-ring (bicyclic) bond motifs is 1. The molecule has 0 aromatic heterocycles. The van der Waals surface area contributed by atoms with Crippen LogP contribution in [0.2, 0.25) is 0 Å². The summed E-state index contributed by atoms with van der Waals surface area (Å²) in [6, 6.07) is 21.7. The lowest BCUT2D eigenvalue weighted by Crippen LogP contribution is -2.41. The van der Waals surface area contributed by atoms with Crippen LogP contribution in [0.15, 0.2) is 66.7 Å². The van der Waals surface area contributed by atoms with Crippen LogP contribution in [-0.4, -0.2) is 45.2 Å². The number of methoxy groups -OCH3 is 3. The van der Waals surface area contributed by atoms with Gasteiger partial charge in [0.2, 0.25) is 5.91 Å². The fourth-order valence-corrected chi connectivity index (χ4v) is 4.25. The number of nitrogens with one attached hydrogen (secondary N) is 1. The van der Waals surface area contributed by atoms with Crippen LogP contribution in [0.1, 0.15) is 22.7 Å². The normalized spacial score (nSPS) is 15.5. The fourth-order valence-electron chi connectivity index (χ4n) is 4.25. The molecule has 0 radical (unpaired) electrons. The van der Waals surface area contributed by atoms with Crippen LogP contribution in [0.3, 0.4) is 0 Å². The molecule has 166 valence electrons. The average Bonchev–Trinajstić information content (AvgIpc) is 2.84. The van der Waals surface area contributed by atoms with E-state index in [1.165, 1.54) is 5.56 Å². The molecule has 0 saturated carbocycles. The number of carbonyl (C=O) groups is 1. The summed E-state index contributed by atoms with van der Waals surface area (Å²) in [6.07, 6.45) is 0.828. The third-order valence-electron chi connectivity index (χ3n) is 5.81. The largest absolute Gasteiger partial charge is 0.497 e. The van der Waals surface area contributed by atoms with Gasteiger partial charge in [0.15, 0.2) is 11.5 Å². The zero-order valence-electron chi connectivity index (χ0n) is 18.6. The zero-order valence-corrected chi connectivity index (χ0v) is 18.6. The molecule has 1 N–H and O–H groups in total. The van der Waals surface area contributed by atoms with Crippen LogP contribution in [0, 0.1) is 0 Å². The molecule has 1 aliphatic rings. The molecule has 1 heterocycles. The summed E-state index contributed by atoms with van der Waals surface area (Å²) in [7, 11) is 4.91. The number of nitrogens with zero attached hydrogens (tertiary/aromatic N) is 1. The summed E-state index contributed by atoms with van der Waals surface area (Å²) in [4.78, 5) is 15.1. The molecule has 3 aromatic carbocycles. The van der Waals surface area contributed by atoms with Gasteiger partial charge in [-0.05, 0) is 59.5 Å². The Morgan fingerprint density at radius 2 is 1.62 bits per heavy atom. The zero-order chi connectivity index (χ0) is 22.5. The summed E-state index contributed by atoms with van der Waals surface area (Å²) in [5, 5.41) is 3.00. The maximum absolute atomic E-state index is 12.9. The Bertz CT molecular complexity index is 1070. The molecule has 32 heavy (non-hydrogen) atoms. The third-order valence-corrected chi connectivity index (χ3v) is 5.81. The molecule has 1 amide bonds. The molecule has 0 saturated heterocycles. The first kappa shape index (κ1) is 21.7. The monoisotopic (exact) mass is 432 g/mol. The van der Waals surface area contributed by atoms with Crippen molar-refractivity contribution < 1.29 is 19.0 Å². The highest BCUT2D eigenvalue weighted by Gasteiger charge is 2.31. The minimum absolute atomic E-state index is 0.0543. The Kier molecular flexibility index (Phi) is 6.61. The van der Waals surface area contributed by atoms with E-state index in [1.807, 2.05) is 48.5 Å². The van der Waals surface area contributed by atoms with E-state index < -0.39 is 0 Å². The van der Waals surface area contributed by atoms with Gasteiger partial charge in [-0.1, -0.05) is 30.3 Å². The topological polar surface area (TPSA) is 60.0 Å². The maximum Gasteiger partial charge on any atom is 0.238 e. The number of rotatable bonds is 7. The minimum atomic E-state index is -0.0555. The standard InChI is InChI=1S/C26H28N2O4/c1-30-21-11-9-20(10-12-21)27-25(29)17-28-14-13-19-15-23(31-2)24(32-3)16-22(19)26(28)18-7-5-4-6-8-18/h4-12,15-16,26H,13-14,17H2,1-3H3,(H,27,29)/t26-/m0/s1. The molecule has 3 aromatic rings. The number of benzene rings is 3. The quantitative estimate of drug-likeness (QED) is 0.603. The maximum atomic E-state index is 12.9. The van der Waals surface area contributed by atoms with Gasteiger partial charge in [-0.3, -0.25) is 9.69 Å². The highest BCUT2D eigenvalue weighted by atomic mass is 16.5.